The Balaban J connectivity index is 2.98. The largest absolute Gasteiger partial charge is 0.459 e. The molecular weight excluding hydrogens is 316 g/mol. The van der Waals surface area contributed by atoms with Crippen molar-refractivity contribution in [2.75, 3.05) is 0 Å². The predicted molar refractivity (Wildman–Crippen MR) is 85.2 cm³/mol. The molecule has 2 nitrogen and oxygen atoms in total. The summed E-state index contributed by atoms with van der Waals surface area (Å²) < 4.78 is 6.37. The van der Waals surface area contributed by atoms with Gasteiger partial charge in [0.1, 0.15) is 11.0 Å². The van der Waals surface area contributed by atoms with E-state index in [1.165, 1.54) is 6.08 Å². The Morgan fingerprint density at radius 1 is 1.25 bits per heavy atom. The minimum absolute atomic E-state index is 0.385. The summed E-state index contributed by atoms with van der Waals surface area (Å²) in [6.45, 7) is 10.9. The lowest BCUT2D eigenvalue weighted by molar-refractivity contribution is -0.160. The van der Waals surface area contributed by atoms with Crippen molar-refractivity contribution in [3.63, 3.8) is 0 Å². The van der Waals surface area contributed by atoms with Gasteiger partial charge in [-0.3, -0.25) is 4.79 Å². The summed E-state index contributed by atoms with van der Waals surface area (Å²) in [6.07, 6.45) is 1.52. The summed E-state index contributed by atoms with van der Waals surface area (Å²) in [5, 5.41) is 0. The van der Waals surface area contributed by atoms with Crippen molar-refractivity contribution < 1.29 is 9.53 Å². The molecule has 20 heavy (non-hydrogen) atoms. The Morgan fingerprint density at radius 2 is 1.80 bits per heavy atom. The third-order valence-electron chi connectivity index (χ3n) is 2.54. The van der Waals surface area contributed by atoms with Gasteiger partial charge in [0.15, 0.2) is 0 Å². The van der Waals surface area contributed by atoms with E-state index in [2.05, 4.69) is 34.3 Å². The highest BCUT2D eigenvalue weighted by Crippen LogP contribution is 2.23. The highest BCUT2D eigenvalue weighted by molar-refractivity contribution is 9.10. The van der Waals surface area contributed by atoms with Crippen LogP contribution in [0.2, 0.25) is 0 Å². The van der Waals surface area contributed by atoms with E-state index in [1.807, 2.05) is 45.0 Å². The van der Waals surface area contributed by atoms with Gasteiger partial charge in [-0.15, -0.1) is 6.58 Å². The standard InChI is InChI=1S/C17H19BrO2/c1-6-17(5,15(19)20-16(2,3)4)12-11-13-7-9-14(18)10-8-13/h6-10H,1H2,2-5H3/t17-/m1/s1. The topological polar surface area (TPSA) is 26.3 Å². The van der Waals surface area contributed by atoms with Gasteiger partial charge in [-0.05, 0) is 52.0 Å². The van der Waals surface area contributed by atoms with Crippen LogP contribution in [0.3, 0.4) is 0 Å². The summed E-state index contributed by atoms with van der Waals surface area (Å²) in [6, 6.07) is 7.58. The van der Waals surface area contributed by atoms with Gasteiger partial charge in [-0.2, -0.15) is 0 Å². The molecule has 0 aliphatic carbocycles. The van der Waals surface area contributed by atoms with Gasteiger partial charge in [0, 0.05) is 10.0 Å². The molecule has 106 valence electrons. The van der Waals surface area contributed by atoms with E-state index in [-0.39, 0.29) is 5.97 Å². The molecule has 3 heteroatoms. The molecule has 1 aromatic rings. The zero-order chi connectivity index (χ0) is 15.4. The molecule has 0 aliphatic heterocycles. The predicted octanol–water partition coefficient (Wildman–Crippen LogP) is 4.33. The van der Waals surface area contributed by atoms with Crippen LogP contribution >= 0.6 is 15.9 Å². The molecule has 0 amide bonds. The van der Waals surface area contributed by atoms with Crippen LogP contribution in [0.25, 0.3) is 0 Å². The second kappa shape index (κ2) is 6.28. The molecule has 0 bridgehead atoms. The third kappa shape index (κ3) is 4.86. The molecule has 1 aromatic carbocycles. The molecule has 0 heterocycles. The number of benzene rings is 1. The zero-order valence-corrected chi connectivity index (χ0v) is 13.9. The SMILES string of the molecule is C=C[C@](C)(C#Cc1ccc(Br)cc1)C(=O)OC(C)(C)C. The van der Waals surface area contributed by atoms with Crippen molar-refractivity contribution >= 4 is 21.9 Å². The lowest BCUT2D eigenvalue weighted by atomic mass is 9.91. The molecule has 1 atom stereocenters. The number of halogens is 1. The Labute approximate surface area is 129 Å². The fourth-order valence-electron chi connectivity index (χ4n) is 1.30. The van der Waals surface area contributed by atoms with Crippen molar-refractivity contribution in [3.8, 4) is 11.8 Å². The average Bonchev–Trinajstić information content (AvgIpc) is 2.35. The van der Waals surface area contributed by atoms with E-state index in [4.69, 9.17) is 4.74 Å². The monoisotopic (exact) mass is 334 g/mol. The van der Waals surface area contributed by atoms with Gasteiger partial charge in [0.05, 0.1) is 0 Å². The van der Waals surface area contributed by atoms with Crippen LogP contribution in [0.1, 0.15) is 33.3 Å². The third-order valence-corrected chi connectivity index (χ3v) is 3.07. The summed E-state index contributed by atoms with van der Waals surface area (Å²) in [5.41, 5.74) is -0.717. The molecule has 0 saturated heterocycles. The lowest BCUT2D eigenvalue weighted by Crippen LogP contribution is -2.33. The highest BCUT2D eigenvalue weighted by Gasteiger charge is 2.32. The Bertz CT molecular complexity index is 555. The van der Waals surface area contributed by atoms with Crippen LogP contribution in [-0.2, 0) is 9.53 Å². The van der Waals surface area contributed by atoms with Crippen molar-refractivity contribution in [2.24, 2.45) is 5.41 Å². The maximum atomic E-state index is 12.2. The zero-order valence-electron chi connectivity index (χ0n) is 12.3. The van der Waals surface area contributed by atoms with Gasteiger partial charge in [0.2, 0.25) is 0 Å². The summed E-state index contributed by atoms with van der Waals surface area (Å²) >= 11 is 3.37. The first-order valence-electron chi connectivity index (χ1n) is 6.32. The van der Waals surface area contributed by atoms with Crippen molar-refractivity contribution in [2.45, 2.75) is 33.3 Å². The molecule has 0 aromatic heterocycles. The van der Waals surface area contributed by atoms with Crippen molar-refractivity contribution in [3.05, 3.63) is 47.0 Å². The van der Waals surface area contributed by atoms with Gasteiger partial charge in [-0.25, -0.2) is 0 Å². The second-order valence-electron chi connectivity index (χ2n) is 5.67. The van der Waals surface area contributed by atoms with Crippen LogP contribution in [0.5, 0.6) is 0 Å². The maximum Gasteiger partial charge on any atom is 0.328 e. The van der Waals surface area contributed by atoms with E-state index < -0.39 is 11.0 Å². The molecule has 0 saturated carbocycles. The fraction of sp³-hybridized carbons (Fsp3) is 0.353. The van der Waals surface area contributed by atoms with Crippen molar-refractivity contribution in [1.29, 1.82) is 0 Å². The normalized spacial score (nSPS) is 13.7. The smallest absolute Gasteiger partial charge is 0.328 e. The fourth-order valence-corrected chi connectivity index (χ4v) is 1.57. The van der Waals surface area contributed by atoms with Gasteiger partial charge < -0.3 is 4.74 Å². The minimum Gasteiger partial charge on any atom is -0.459 e. The first-order chi connectivity index (χ1) is 9.16. The molecule has 1 rings (SSSR count). The first kappa shape index (κ1) is 16.5. The van der Waals surface area contributed by atoms with Crippen LogP contribution in [-0.4, -0.2) is 11.6 Å². The first-order valence-corrected chi connectivity index (χ1v) is 7.11. The van der Waals surface area contributed by atoms with Crippen molar-refractivity contribution in [1.82, 2.24) is 0 Å². The molecule has 0 fully saturated rings. The molecular formula is C17H19BrO2. The van der Waals surface area contributed by atoms with E-state index in [1.54, 1.807) is 6.92 Å². The number of esters is 1. The number of hydrogen-bond acceptors (Lipinski definition) is 2. The Hall–Kier alpha value is -1.53. The summed E-state index contributed by atoms with van der Waals surface area (Å²) in [5.74, 6) is 5.55. The lowest BCUT2D eigenvalue weighted by Gasteiger charge is -2.25. The van der Waals surface area contributed by atoms with E-state index >= 15 is 0 Å². The quantitative estimate of drug-likeness (QED) is 0.457. The molecule has 0 spiro atoms. The summed E-state index contributed by atoms with van der Waals surface area (Å²) in [7, 11) is 0. The van der Waals surface area contributed by atoms with E-state index in [0.717, 1.165) is 10.0 Å². The van der Waals surface area contributed by atoms with Gasteiger partial charge >= 0.3 is 5.97 Å². The van der Waals surface area contributed by atoms with Crippen LogP contribution < -0.4 is 0 Å². The Kier molecular flexibility index (Phi) is 5.19. The minimum atomic E-state index is -1.01. The number of carbonyl (C=O) groups excluding carboxylic acids is 1. The summed E-state index contributed by atoms with van der Waals surface area (Å²) in [4.78, 5) is 12.2. The molecule has 0 radical (unpaired) electrons. The molecule has 0 unspecified atom stereocenters. The van der Waals surface area contributed by atoms with E-state index in [0.29, 0.717) is 0 Å². The number of hydrogen-bond donors (Lipinski definition) is 0. The second-order valence-corrected chi connectivity index (χ2v) is 6.58. The Morgan fingerprint density at radius 3 is 2.25 bits per heavy atom. The average molecular weight is 335 g/mol. The van der Waals surface area contributed by atoms with Gasteiger partial charge in [0.25, 0.3) is 0 Å². The number of ether oxygens (including phenoxy) is 1. The van der Waals surface area contributed by atoms with E-state index in [9.17, 15) is 4.79 Å². The van der Waals surface area contributed by atoms with Gasteiger partial charge in [-0.1, -0.05) is 33.8 Å². The molecule has 0 aliphatic rings. The highest BCUT2D eigenvalue weighted by atomic mass is 79.9. The molecule has 0 N–H and O–H groups in total. The number of rotatable bonds is 2. The van der Waals surface area contributed by atoms with Crippen LogP contribution in [0.15, 0.2) is 41.4 Å². The maximum absolute atomic E-state index is 12.2. The van der Waals surface area contributed by atoms with Crippen LogP contribution in [0, 0.1) is 17.3 Å². The number of carbonyl (C=O) groups is 1. The van der Waals surface area contributed by atoms with Crippen LogP contribution in [0.4, 0.5) is 0 Å².